The van der Waals surface area contributed by atoms with Gasteiger partial charge in [0.2, 0.25) is 0 Å². The number of hydrogen-bond donors (Lipinski definition) is 0. The molecule has 0 aliphatic heterocycles. The summed E-state index contributed by atoms with van der Waals surface area (Å²) >= 11 is 3.29. The maximum absolute atomic E-state index is 11.3. The second-order valence-corrected chi connectivity index (χ2v) is 6.01. The largest absolute Gasteiger partial charge is 0.359 e. The fourth-order valence-corrected chi connectivity index (χ4v) is 2.56. The summed E-state index contributed by atoms with van der Waals surface area (Å²) < 4.78 is 0.710. The zero-order chi connectivity index (χ0) is 15.4. The van der Waals surface area contributed by atoms with Gasteiger partial charge in [-0.1, -0.05) is 46.3 Å². The van der Waals surface area contributed by atoms with Crippen molar-refractivity contribution < 1.29 is 4.92 Å². The molecule has 2 rings (SSSR count). The molecule has 2 aromatic rings. The lowest BCUT2D eigenvalue weighted by Crippen LogP contribution is -2.30. The van der Waals surface area contributed by atoms with E-state index in [4.69, 9.17) is 0 Å². The van der Waals surface area contributed by atoms with Gasteiger partial charge in [0.1, 0.15) is 5.69 Å². The zero-order valence-corrected chi connectivity index (χ0v) is 13.6. The highest BCUT2D eigenvalue weighted by Crippen LogP contribution is 2.33. The molecular formula is C16H17BrN2O2. The van der Waals surface area contributed by atoms with Crippen molar-refractivity contribution in [2.24, 2.45) is 0 Å². The van der Waals surface area contributed by atoms with Crippen LogP contribution in [-0.4, -0.2) is 11.0 Å². The first-order valence-electron chi connectivity index (χ1n) is 6.73. The number of benzene rings is 2. The Morgan fingerprint density at radius 3 is 2.43 bits per heavy atom. The minimum atomic E-state index is -0.333. The van der Waals surface area contributed by atoms with Crippen LogP contribution >= 0.6 is 15.9 Å². The average molecular weight is 349 g/mol. The molecule has 21 heavy (non-hydrogen) atoms. The number of rotatable bonds is 5. The Morgan fingerprint density at radius 2 is 1.86 bits per heavy atom. The molecule has 0 saturated heterocycles. The summed E-state index contributed by atoms with van der Waals surface area (Å²) in [6.07, 6.45) is 0. The fraction of sp³-hybridized carbons (Fsp3) is 0.250. The first-order valence-corrected chi connectivity index (χ1v) is 7.53. The van der Waals surface area contributed by atoms with Gasteiger partial charge in [0.25, 0.3) is 5.69 Å². The molecule has 2 aromatic carbocycles. The van der Waals surface area contributed by atoms with Crippen molar-refractivity contribution in [1.82, 2.24) is 0 Å². The SMILES string of the molecule is CC(C)N(Cc1ccccc1)c1ccc(Br)cc1[N+](=O)[O-]. The molecule has 0 fully saturated rings. The van der Waals surface area contributed by atoms with E-state index < -0.39 is 0 Å². The van der Waals surface area contributed by atoms with Gasteiger partial charge in [-0.15, -0.1) is 0 Å². The van der Waals surface area contributed by atoms with Crippen LogP contribution in [0.3, 0.4) is 0 Å². The van der Waals surface area contributed by atoms with Gasteiger partial charge in [-0.3, -0.25) is 10.1 Å². The Kier molecular flexibility index (Phi) is 4.96. The summed E-state index contributed by atoms with van der Waals surface area (Å²) in [4.78, 5) is 13.0. The predicted octanol–water partition coefficient (Wildman–Crippen LogP) is 4.77. The third-order valence-corrected chi connectivity index (χ3v) is 3.76. The first-order chi connectivity index (χ1) is 9.99. The summed E-state index contributed by atoms with van der Waals surface area (Å²) in [6, 6.07) is 15.3. The molecule has 0 unspecified atom stereocenters. The van der Waals surface area contributed by atoms with Crippen molar-refractivity contribution in [1.29, 1.82) is 0 Å². The van der Waals surface area contributed by atoms with Crippen molar-refractivity contribution in [2.75, 3.05) is 4.90 Å². The van der Waals surface area contributed by atoms with Crippen molar-refractivity contribution in [3.05, 3.63) is 68.7 Å². The third kappa shape index (κ3) is 3.82. The normalized spacial score (nSPS) is 10.7. The quantitative estimate of drug-likeness (QED) is 0.577. The number of nitrogens with zero attached hydrogens (tertiary/aromatic N) is 2. The van der Waals surface area contributed by atoms with E-state index in [2.05, 4.69) is 15.9 Å². The third-order valence-electron chi connectivity index (χ3n) is 3.26. The molecule has 0 aliphatic carbocycles. The lowest BCUT2D eigenvalue weighted by atomic mass is 10.1. The Hall–Kier alpha value is -1.88. The van der Waals surface area contributed by atoms with Gasteiger partial charge >= 0.3 is 0 Å². The van der Waals surface area contributed by atoms with Crippen molar-refractivity contribution in [3.63, 3.8) is 0 Å². The molecule has 0 aromatic heterocycles. The van der Waals surface area contributed by atoms with Gasteiger partial charge in [0, 0.05) is 23.1 Å². The molecule has 5 heteroatoms. The van der Waals surface area contributed by atoms with Crippen molar-refractivity contribution >= 4 is 27.3 Å². The van der Waals surface area contributed by atoms with E-state index in [0.717, 1.165) is 5.56 Å². The van der Waals surface area contributed by atoms with Crippen LogP contribution in [0, 0.1) is 10.1 Å². The summed E-state index contributed by atoms with van der Waals surface area (Å²) in [5.74, 6) is 0. The van der Waals surface area contributed by atoms with Gasteiger partial charge in [0.15, 0.2) is 0 Å². The summed E-state index contributed by atoms with van der Waals surface area (Å²) in [5, 5.41) is 11.3. The predicted molar refractivity (Wildman–Crippen MR) is 88.6 cm³/mol. The monoisotopic (exact) mass is 348 g/mol. The maximum atomic E-state index is 11.3. The molecule has 0 N–H and O–H groups in total. The molecule has 0 radical (unpaired) electrons. The van der Waals surface area contributed by atoms with Crippen LogP contribution in [0.2, 0.25) is 0 Å². The summed E-state index contributed by atoms with van der Waals surface area (Å²) in [5.41, 5.74) is 1.89. The van der Waals surface area contributed by atoms with E-state index >= 15 is 0 Å². The van der Waals surface area contributed by atoms with Gasteiger partial charge in [0.05, 0.1) is 4.92 Å². The molecule has 0 spiro atoms. The average Bonchev–Trinajstić information content (AvgIpc) is 2.46. The van der Waals surface area contributed by atoms with Crippen LogP contribution in [0.15, 0.2) is 53.0 Å². The van der Waals surface area contributed by atoms with Crippen LogP contribution in [0.4, 0.5) is 11.4 Å². The Balaban J connectivity index is 2.41. The number of hydrogen-bond acceptors (Lipinski definition) is 3. The van der Waals surface area contributed by atoms with E-state index in [1.54, 1.807) is 12.1 Å². The second-order valence-electron chi connectivity index (χ2n) is 5.10. The van der Waals surface area contributed by atoms with Crippen LogP contribution in [-0.2, 0) is 6.54 Å². The van der Waals surface area contributed by atoms with Crippen molar-refractivity contribution in [2.45, 2.75) is 26.4 Å². The van der Waals surface area contributed by atoms with E-state index in [9.17, 15) is 10.1 Å². The molecule has 110 valence electrons. The Morgan fingerprint density at radius 1 is 1.19 bits per heavy atom. The van der Waals surface area contributed by atoms with Crippen LogP contribution in [0.1, 0.15) is 19.4 Å². The first kappa shape index (κ1) is 15.5. The zero-order valence-electron chi connectivity index (χ0n) is 12.0. The van der Waals surface area contributed by atoms with Crippen LogP contribution < -0.4 is 4.90 Å². The van der Waals surface area contributed by atoms with E-state index in [0.29, 0.717) is 16.7 Å². The highest BCUT2D eigenvalue weighted by Gasteiger charge is 2.22. The van der Waals surface area contributed by atoms with E-state index in [1.807, 2.05) is 55.1 Å². The number of nitro groups is 1. The molecule has 0 aliphatic rings. The molecule has 4 nitrogen and oxygen atoms in total. The number of halogens is 1. The van der Waals surface area contributed by atoms with Gasteiger partial charge in [-0.2, -0.15) is 0 Å². The fourth-order valence-electron chi connectivity index (χ4n) is 2.21. The summed E-state index contributed by atoms with van der Waals surface area (Å²) in [6.45, 7) is 4.71. The highest BCUT2D eigenvalue weighted by atomic mass is 79.9. The summed E-state index contributed by atoms with van der Waals surface area (Å²) in [7, 11) is 0. The van der Waals surface area contributed by atoms with Crippen LogP contribution in [0.5, 0.6) is 0 Å². The molecular weight excluding hydrogens is 332 g/mol. The van der Waals surface area contributed by atoms with Crippen molar-refractivity contribution in [3.8, 4) is 0 Å². The molecule has 0 saturated carbocycles. The van der Waals surface area contributed by atoms with E-state index in [-0.39, 0.29) is 16.7 Å². The van der Waals surface area contributed by atoms with Gasteiger partial charge in [-0.25, -0.2) is 0 Å². The van der Waals surface area contributed by atoms with Gasteiger partial charge < -0.3 is 4.90 Å². The molecule has 0 bridgehead atoms. The number of nitro benzene ring substituents is 1. The molecule has 0 amide bonds. The maximum Gasteiger partial charge on any atom is 0.293 e. The Bertz CT molecular complexity index is 629. The topological polar surface area (TPSA) is 46.4 Å². The highest BCUT2D eigenvalue weighted by molar-refractivity contribution is 9.10. The smallest absolute Gasteiger partial charge is 0.293 e. The van der Waals surface area contributed by atoms with Gasteiger partial charge in [-0.05, 0) is 31.5 Å². The van der Waals surface area contributed by atoms with Crippen LogP contribution in [0.25, 0.3) is 0 Å². The minimum Gasteiger partial charge on any atom is -0.359 e. The number of anilines is 1. The molecule has 0 heterocycles. The Labute approximate surface area is 132 Å². The lowest BCUT2D eigenvalue weighted by molar-refractivity contribution is -0.384. The standard InChI is InChI=1S/C16H17BrN2O2/c1-12(2)18(11-13-6-4-3-5-7-13)15-9-8-14(17)10-16(15)19(20)21/h3-10,12H,11H2,1-2H3. The molecule has 0 atom stereocenters. The lowest BCUT2D eigenvalue weighted by Gasteiger charge is -2.28. The minimum absolute atomic E-state index is 0.119. The second kappa shape index (κ2) is 6.72. The van der Waals surface area contributed by atoms with E-state index in [1.165, 1.54) is 0 Å².